The molecule has 0 aromatic rings. The molecule has 2 aliphatic rings. The van der Waals surface area contributed by atoms with Crippen LogP contribution in [0.3, 0.4) is 0 Å². The van der Waals surface area contributed by atoms with Gasteiger partial charge >= 0.3 is 0 Å². The van der Waals surface area contributed by atoms with Gasteiger partial charge in [-0.15, -0.1) is 0 Å². The molecule has 0 aromatic heterocycles. The highest BCUT2D eigenvalue weighted by atomic mass is 16.5. The molecule has 0 spiro atoms. The molecule has 0 aliphatic carbocycles. The maximum absolute atomic E-state index is 5.83. The largest absolute Gasteiger partial charge is 0.381 e. The van der Waals surface area contributed by atoms with Crippen molar-refractivity contribution >= 4 is 0 Å². The number of nitrogens with one attached hydrogen (secondary N) is 1. The smallest absolute Gasteiger partial charge is 0.0495 e. The minimum atomic E-state index is 0.785. The van der Waals surface area contributed by atoms with Gasteiger partial charge in [0.25, 0.3) is 0 Å². The lowest BCUT2D eigenvalue weighted by atomic mass is 9.99. The van der Waals surface area contributed by atoms with Crippen LogP contribution in [-0.2, 0) is 4.74 Å². The molecule has 0 radical (unpaired) electrons. The minimum Gasteiger partial charge on any atom is -0.381 e. The van der Waals surface area contributed by atoms with Gasteiger partial charge in [-0.2, -0.15) is 0 Å². The summed E-state index contributed by atoms with van der Waals surface area (Å²) in [6, 6.07) is 0.785. The third kappa shape index (κ3) is 3.72. The third-order valence-corrected chi connectivity index (χ3v) is 4.08. The Kier molecular flexibility index (Phi) is 5.07. The van der Waals surface area contributed by atoms with Gasteiger partial charge in [-0.25, -0.2) is 0 Å². The second kappa shape index (κ2) is 6.58. The highest BCUT2D eigenvalue weighted by Crippen LogP contribution is 2.18. The van der Waals surface area contributed by atoms with E-state index in [-0.39, 0.29) is 0 Å². The zero-order valence-electron chi connectivity index (χ0n) is 10.6. The van der Waals surface area contributed by atoms with Crippen LogP contribution in [0.1, 0.15) is 32.1 Å². The van der Waals surface area contributed by atoms with Crippen LogP contribution >= 0.6 is 0 Å². The number of rotatable bonds is 5. The third-order valence-electron chi connectivity index (χ3n) is 4.08. The Morgan fingerprint density at radius 2 is 2.06 bits per heavy atom. The maximum atomic E-state index is 5.83. The molecule has 0 bridgehead atoms. The van der Waals surface area contributed by atoms with Crippen molar-refractivity contribution in [1.82, 2.24) is 10.2 Å². The molecule has 0 saturated carbocycles. The van der Waals surface area contributed by atoms with Gasteiger partial charge in [-0.3, -0.25) is 0 Å². The molecule has 2 saturated heterocycles. The second-order valence-corrected chi connectivity index (χ2v) is 5.33. The van der Waals surface area contributed by atoms with Gasteiger partial charge in [-0.1, -0.05) is 0 Å². The van der Waals surface area contributed by atoms with E-state index in [2.05, 4.69) is 17.3 Å². The zero-order chi connectivity index (χ0) is 11.2. The van der Waals surface area contributed by atoms with Crippen LogP contribution in [0.4, 0.5) is 0 Å². The molecule has 0 amide bonds. The summed E-state index contributed by atoms with van der Waals surface area (Å²) in [5.41, 5.74) is 0. The Morgan fingerprint density at radius 3 is 2.75 bits per heavy atom. The van der Waals surface area contributed by atoms with E-state index in [9.17, 15) is 0 Å². The van der Waals surface area contributed by atoms with Crippen molar-refractivity contribution in [2.45, 2.75) is 38.1 Å². The van der Waals surface area contributed by atoms with Crippen molar-refractivity contribution in [2.24, 2.45) is 5.92 Å². The molecule has 1 N–H and O–H groups in total. The van der Waals surface area contributed by atoms with Crippen molar-refractivity contribution in [2.75, 3.05) is 39.9 Å². The van der Waals surface area contributed by atoms with Gasteiger partial charge in [0.2, 0.25) is 0 Å². The van der Waals surface area contributed by atoms with E-state index in [0.717, 1.165) is 25.2 Å². The van der Waals surface area contributed by atoms with Gasteiger partial charge in [0.05, 0.1) is 0 Å². The molecular weight excluding hydrogens is 200 g/mol. The molecular formula is C13H26N2O. The zero-order valence-corrected chi connectivity index (χ0v) is 10.6. The first-order chi connectivity index (χ1) is 7.86. The van der Waals surface area contributed by atoms with Crippen LogP contribution in [0.2, 0.25) is 0 Å². The van der Waals surface area contributed by atoms with E-state index in [1.807, 2.05) is 0 Å². The Labute approximate surface area is 99.5 Å². The fourth-order valence-electron chi connectivity index (χ4n) is 2.86. The molecule has 0 aromatic carbocycles. The molecule has 2 fully saturated rings. The summed E-state index contributed by atoms with van der Waals surface area (Å²) >= 11 is 0. The summed E-state index contributed by atoms with van der Waals surface area (Å²) in [4.78, 5) is 2.48. The molecule has 1 atom stereocenters. The molecule has 94 valence electrons. The van der Waals surface area contributed by atoms with Crippen LogP contribution in [-0.4, -0.2) is 50.8 Å². The first kappa shape index (κ1) is 12.3. The van der Waals surface area contributed by atoms with Crippen LogP contribution in [0.15, 0.2) is 0 Å². The van der Waals surface area contributed by atoms with Crippen molar-refractivity contribution in [3.05, 3.63) is 0 Å². The number of ether oxygens (including phenoxy) is 1. The number of piperidine rings is 1. The molecule has 3 heteroatoms. The molecule has 2 rings (SSSR count). The van der Waals surface area contributed by atoms with Crippen LogP contribution in [0, 0.1) is 5.92 Å². The van der Waals surface area contributed by atoms with Gasteiger partial charge in [0.15, 0.2) is 0 Å². The minimum absolute atomic E-state index is 0.785. The quantitative estimate of drug-likeness (QED) is 0.719. The SMILES string of the molecule is CN1CCCC1CCOCC1CCNCC1. The predicted molar refractivity (Wildman–Crippen MR) is 66.7 cm³/mol. The summed E-state index contributed by atoms with van der Waals surface area (Å²) in [6.07, 6.45) is 6.55. The molecule has 1 unspecified atom stereocenters. The second-order valence-electron chi connectivity index (χ2n) is 5.33. The monoisotopic (exact) mass is 226 g/mol. The average molecular weight is 226 g/mol. The van der Waals surface area contributed by atoms with E-state index in [0.29, 0.717) is 0 Å². The highest BCUT2D eigenvalue weighted by molar-refractivity contribution is 4.76. The fourth-order valence-corrected chi connectivity index (χ4v) is 2.86. The van der Waals surface area contributed by atoms with E-state index in [4.69, 9.17) is 4.74 Å². The molecule has 2 heterocycles. The molecule has 3 nitrogen and oxygen atoms in total. The molecule has 2 aliphatic heterocycles. The summed E-state index contributed by atoms with van der Waals surface area (Å²) in [5, 5.41) is 3.39. The maximum Gasteiger partial charge on any atom is 0.0495 e. The number of hydrogen-bond donors (Lipinski definition) is 1. The summed E-state index contributed by atoms with van der Waals surface area (Å²) in [7, 11) is 2.24. The Bertz CT molecular complexity index is 192. The number of likely N-dealkylation sites (tertiary alicyclic amines) is 1. The fraction of sp³-hybridized carbons (Fsp3) is 1.00. The van der Waals surface area contributed by atoms with Gasteiger partial charge in [-0.05, 0) is 64.7 Å². The van der Waals surface area contributed by atoms with Gasteiger partial charge in [0.1, 0.15) is 0 Å². The van der Waals surface area contributed by atoms with E-state index in [1.165, 1.54) is 51.7 Å². The van der Waals surface area contributed by atoms with Crippen molar-refractivity contribution in [3.8, 4) is 0 Å². The van der Waals surface area contributed by atoms with E-state index >= 15 is 0 Å². The standard InChI is InChI=1S/C13H26N2O/c1-15-9-2-3-13(15)6-10-16-11-12-4-7-14-8-5-12/h12-14H,2-11H2,1H3. The number of nitrogens with zero attached hydrogens (tertiary/aromatic N) is 1. The lowest BCUT2D eigenvalue weighted by Crippen LogP contribution is -2.30. The van der Waals surface area contributed by atoms with E-state index in [1.54, 1.807) is 0 Å². The van der Waals surface area contributed by atoms with Crippen LogP contribution in [0.25, 0.3) is 0 Å². The first-order valence-corrected chi connectivity index (χ1v) is 6.85. The Hall–Kier alpha value is -0.120. The highest BCUT2D eigenvalue weighted by Gasteiger charge is 2.20. The van der Waals surface area contributed by atoms with Gasteiger partial charge < -0.3 is 15.0 Å². The number of hydrogen-bond acceptors (Lipinski definition) is 3. The Balaban J connectivity index is 1.51. The first-order valence-electron chi connectivity index (χ1n) is 6.85. The predicted octanol–water partition coefficient (Wildman–Crippen LogP) is 1.49. The van der Waals surface area contributed by atoms with E-state index < -0.39 is 0 Å². The topological polar surface area (TPSA) is 24.5 Å². The van der Waals surface area contributed by atoms with Crippen molar-refractivity contribution < 1.29 is 4.74 Å². The normalized spacial score (nSPS) is 28.7. The summed E-state index contributed by atoms with van der Waals surface area (Å²) in [6.45, 7) is 5.58. The molecule has 16 heavy (non-hydrogen) atoms. The average Bonchev–Trinajstić information content (AvgIpc) is 2.72. The van der Waals surface area contributed by atoms with Crippen LogP contribution in [0.5, 0.6) is 0 Å². The summed E-state index contributed by atoms with van der Waals surface area (Å²) < 4.78 is 5.83. The lowest BCUT2D eigenvalue weighted by Gasteiger charge is -2.23. The van der Waals surface area contributed by atoms with Crippen molar-refractivity contribution in [1.29, 1.82) is 0 Å². The Morgan fingerprint density at radius 1 is 1.25 bits per heavy atom. The van der Waals surface area contributed by atoms with Gasteiger partial charge in [0, 0.05) is 19.3 Å². The van der Waals surface area contributed by atoms with Crippen LogP contribution < -0.4 is 5.32 Å². The van der Waals surface area contributed by atoms with Crippen molar-refractivity contribution in [3.63, 3.8) is 0 Å². The lowest BCUT2D eigenvalue weighted by molar-refractivity contribution is 0.0749. The summed E-state index contributed by atoms with van der Waals surface area (Å²) in [5.74, 6) is 0.808.